The molecular formula is C13H15NO3S. The summed E-state index contributed by atoms with van der Waals surface area (Å²) in [6.07, 6.45) is 1.98. The van der Waals surface area contributed by atoms with Crippen molar-refractivity contribution in [1.82, 2.24) is 0 Å². The van der Waals surface area contributed by atoms with E-state index in [0.29, 0.717) is 17.1 Å². The lowest BCUT2D eigenvalue weighted by molar-refractivity contribution is 0.414. The number of nitriles is 1. The molecule has 0 radical (unpaired) electrons. The van der Waals surface area contributed by atoms with E-state index >= 15 is 0 Å². The average Bonchev–Trinajstić information content (AvgIpc) is 3.08. The normalized spacial score (nSPS) is 16.9. The zero-order valence-electron chi connectivity index (χ0n) is 10.2. The molecule has 0 unspecified atom stereocenters. The van der Waals surface area contributed by atoms with E-state index in [1.165, 1.54) is 7.11 Å². The third-order valence-corrected chi connectivity index (χ3v) is 5.31. The van der Waals surface area contributed by atoms with Crippen LogP contribution in [0.15, 0.2) is 29.2 Å². The van der Waals surface area contributed by atoms with Gasteiger partial charge in [-0.1, -0.05) is 0 Å². The molecule has 18 heavy (non-hydrogen) atoms. The van der Waals surface area contributed by atoms with E-state index in [2.05, 4.69) is 6.07 Å². The maximum absolute atomic E-state index is 12.2. The maximum Gasteiger partial charge on any atom is 0.178 e. The topological polar surface area (TPSA) is 67.2 Å². The zero-order chi connectivity index (χ0) is 13.2. The number of nitrogens with zero attached hydrogens (tertiary/aromatic N) is 1. The second-order valence-electron chi connectivity index (χ2n) is 4.77. The summed E-state index contributed by atoms with van der Waals surface area (Å²) < 4.78 is 29.4. The maximum atomic E-state index is 12.2. The molecular weight excluding hydrogens is 250 g/mol. The van der Waals surface area contributed by atoms with Crippen LogP contribution in [0.25, 0.3) is 0 Å². The fourth-order valence-electron chi connectivity index (χ4n) is 1.99. The SMILES string of the molecule is COc1ccc(S(=O)(=O)CC2(CC#N)CC2)cc1. The van der Waals surface area contributed by atoms with Crippen molar-refractivity contribution in [3.63, 3.8) is 0 Å². The molecule has 4 nitrogen and oxygen atoms in total. The van der Waals surface area contributed by atoms with E-state index in [4.69, 9.17) is 10.00 Å². The predicted molar refractivity (Wildman–Crippen MR) is 66.9 cm³/mol. The molecule has 1 saturated carbocycles. The Balaban J connectivity index is 2.18. The van der Waals surface area contributed by atoms with Gasteiger partial charge in [0.2, 0.25) is 0 Å². The van der Waals surface area contributed by atoms with Crippen molar-refractivity contribution in [1.29, 1.82) is 5.26 Å². The lowest BCUT2D eigenvalue weighted by Crippen LogP contribution is -2.17. The highest BCUT2D eigenvalue weighted by Crippen LogP contribution is 2.50. The fraction of sp³-hybridized carbons (Fsp3) is 0.462. The summed E-state index contributed by atoms with van der Waals surface area (Å²) >= 11 is 0. The van der Waals surface area contributed by atoms with E-state index in [0.717, 1.165) is 12.8 Å². The van der Waals surface area contributed by atoms with Crippen molar-refractivity contribution < 1.29 is 13.2 Å². The Kier molecular flexibility index (Phi) is 3.31. The van der Waals surface area contributed by atoms with Gasteiger partial charge in [0.15, 0.2) is 9.84 Å². The molecule has 5 heteroatoms. The third-order valence-electron chi connectivity index (χ3n) is 3.33. The zero-order valence-corrected chi connectivity index (χ0v) is 11.0. The number of hydrogen-bond donors (Lipinski definition) is 0. The van der Waals surface area contributed by atoms with Crippen molar-refractivity contribution in [3.05, 3.63) is 24.3 Å². The van der Waals surface area contributed by atoms with Crippen molar-refractivity contribution in [2.45, 2.75) is 24.2 Å². The van der Waals surface area contributed by atoms with Gasteiger partial charge in [-0.05, 0) is 42.5 Å². The molecule has 96 valence electrons. The summed E-state index contributed by atoms with van der Waals surface area (Å²) in [5, 5.41) is 8.72. The molecule has 0 spiro atoms. The second-order valence-corrected chi connectivity index (χ2v) is 6.76. The summed E-state index contributed by atoms with van der Waals surface area (Å²) in [6, 6.07) is 8.45. The molecule has 0 atom stereocenters. The molecule has 0 aromatic heterocycles. The molecule has 0 heterocycles. The van der Waals surface area contributed by atoms with Gasteiger partial charge in [-0.15, -0.1) is 0 Å². The van der Waals surface area contributed by atoms with E-state index in [1.807, 2.05) is 0 Å². The number of methoxy groups -OCH3 is 1. The lowest BCUT2D eigenvalue weighted by Gasteiger charge is -2.11. The van der Waals surface area contributed by atoms with Crippen LogP contribution in [-0.2, 0) is 9.84 Å². The van der Waals surface area contributed by atoms with Gasteiger partial charge < -0.3 is 4.74 Å². The van der Waals surface area contributed by atoms with Gasteiger partial charge >= 0.3 is 0 Å². The fourth-order valence-corrected chi connectivity index (χ4v) is 3.90. The summed E-state index contributed by atoms with van der Waals surface area (Å²) in [4.78, 5) is 0.299. The Labute approximate surface area is 107 Å². The van der Waals surface area contributed by atoms with Crippen molar-refractivity contribution >= 4 is 9.84 Å². The van der Waals surface area contributed by atoms with E-state index in [-0.39, 0.29) is 11.2 Å². The molecule has 1 aliphatic rings. The van der Waals surface area contributed by atoms with Gasteiger partial charge in [0.1, 0.15) is 5.75 Å². The van der Waals surface area contributed by atoms with Gasteiger partial charge in [-0.3, -0.25) is 0 Å². The van der Waals surface area contributed by atoms with Crippen LogP contribution in [0.3, 0.4) is 0 Å². The summed E-state index contributed by atoms with van der Waals surface area (Å²) in [5.41, 5.74) is -0.298. The van der Waals surface area contributed by atoms with Crippen molar-refractivity contribution in [2.75, 3.05) is 12.9 Å². The molecule has 1 aromatic rings. The monoisotopic (exact) mass is 265 g/mol. The predicted octanol–water partition coefficient (Wildman–Crippen LogP) is 2.16. The minimum absolute atomic E-state index is 0.0693. The first-order valence-corrected chi connectivity index (χ1v) is 7.40. The molecule has 0 saturated heterocycles. The first-order chi connectivity index (χ1) is 8.51. The molecule has 0 N–H and O–H groups in total. The van der Waals surface area contributed by atoms with Crippen LogP contribution in [0.1, 0.15) is 19.3 Å². The highest BCUT2D eigenvalue weighted by atomic mass is 32.2. The Hall–Kier alpha value is -1.54. The third kappa shape index (κ3) is 2.65. The highest BCUT2D eigenvalue weighted by molar-refractivity contribution is 7.91. The number of sulfone groups is 1. The van der Waals surface area contributed by atoms with E-state index in [1.54, 1.807) is 24.3 Å². The van der Waals surface area contributed by atoms with E-state index in [9.17, 15) is 8.42 Å². The standard InChI is InChI=1S/C13H15NO3S/c1-17-11-2-4-12(5-3-11)18(15,16)10-13(6-7-13)8-9-14/h2-5H,6-8,10H2,1H3. The van der Waals surface area contributed by atoms with Crippen molar-refractivity contribution in [2.24, 2.45) is 5.41 Å². The molecule has 1 aliphatic carbocycles. The van der Waals surface area contributed by atoms with Gasteiger partial charge in [-0.25, -0.2) is 8.42 Å². The minimum Gasteiger partial charge on any atom is -0.497 e. The van der Waals surface area contributed by atoms with Crippen LogP contribution >= 0.6 is 0 Å². The summed E-state index contributed by atoms with van der Waals surface area (Å²) in [6.45, 7) is 0. The Morgan fingerprint density at radius 3 is 2.39 bits per heavy atom. The van der Waals surface area contributed by atoms with Gasteiger partial charge in [0, 0.05) is 6.42 Å². The summed E-state index contributed by atoms with van der Waals surface area (Å²) in [5.74, 6) is 0.701. The van der Waals surface area contributed by atoms with Crippen LogP contribution in [0, 0.1) is 16.7 Å². The molecule has 0 bridgehead atoms. The molecule has 2 rings (SSSR count). The quantitative estimate of drug-likeness (QED) is 0.818. The van der Waals surface area contributed by atoms with E-state index < -0.39 is 9.84 Å². The van der Waals surface area contributed by atoms with Crippen LogP contribution in [0.4, 0.5) is 0 Å². The number of benzene rings is 1. The molecule has 0 aliphatic heterocycles. The Morgan fingerprint density at radius 1 is 1.33 bits per heavy atom. The first kappa shape index (κ1) is 12.9. The smallest absolute Gasteiger partial charge is 0.178 e. The van der Waals surface area contributed by atoms with Crippen LogP contribution in [0.2, 0.25) is 0 Å². The number of rotatable bonds is 5. The lowest BCUT2D eigenvalue weighted by atomic mass is 10.1. The Bertz CT molecular complexity index is 565. The first-order valence-electron chi connectivity index (χ1n) is 5.75. The second kappa shape index (κ2) is 4.62. The van der Waals surface area contributed by atoms with Crippen LogP contribution < -0.4 is 4.74 Å². The minimum atomic E-state index is -3.31. The van der Waals surface area contributed by atoms with Gasteiger partial charge in [0.05, 0.1) is 23.8 Å². The molecule has 1 fully saturated rings. The van der Waals surface area contributed by atoms with Crippen LogP contribution in [-0.4, -0.2) is 21.3 Å². The largest absolute Gasteiger partial charge is 0.497 e. The highest BCUT2D eigenvalue weighted by Gasteiger charge is 2.46. The van der Waals surface area contributed by atoms with Gasteiger partial charge in [-0.2, -0.15) is 5.26 Å². The van der Waals surface area contributed by atoms with Crippen LogP contribution in [0.5, 0.6) is 5.75 Å². The molecule has 0 amide bonds. The summed E-state index contributed by atoms with van der Waals surface area (Å²) in [7, 11) is -1.77. The van der Waals surface area contributed by atoms with Crippen molar-refractivity contribution in [3.8, 4) is 11.8 Å². The molecule has 1 aromatic carbocycles. The average molecular weight is 265 g/mol. The Morgan fingerprint density at radius 2 is 1.94 bits per heavy atom. The number of hydrogen-bond acceptors (Lipinski definition) is 4. The van der Waals surface area contributed by atoms with Gasteiger partial charge in [0.25, 0.3) is 0 Å². The number of ether oxygens (including phenoxy) is 1.